The van der Waals surface area contributed by atoms with E-state index in [2.05, 4.69) is 56.1 Å². The number of hydrogen-bond acceptors (Lipinski definition) is 1. The maximum atomic E-state index is 6.17. The van der Waals surface area contributed by atoms with Crippen LogP contribution in [0.4, 0.5) is 5.69 Å². The van der Waals surface area contributed by atoms with Gasteiger partial charge in [0.2, 0.25) is 0 Å². The van der Waals surface area contributed by atoms with E-state index in [1.807, 2.05) is 12.1 Å². The Morgan fingerprint density at radius 2 is 1.79 bits per heavy atom. The van der Waals surface area contributed by atoms with Crippen LogP contribution in [0, 0.1) is 12.8 Å². The van der Waals surface area contributed by atoms with E-state index >= 15 is 0 Å². The Morgan fingerprint density at radius 3 is 2.48 bits per heavy atom. The van der Waals surface area contributed by atoms with E-state index in [0.29, 0.717) is 16.1 Å². The second-order valence-corrected chi connectivity index (χ2v) is 9.60. The van der Waals surface area contributed by atoms with Crippen LogP contribution in [0.3, 0.4) is 0 Å². The van der Waals surface area contributed by atoms with Crippen LogP contribution in [0.1, 0.15) is 43.7 Å². The van der Waals surface area contributed by atoms with E-state index in [0.717, 1.165) is 12.3 Å². The molecule has 0 radical (unpaired) electrons. The molecular weight excluding hydrogens is 399 g/mol. The van der Waals surface area contributed by atoms with Crippen molar-refractivity contribution in [2.75, 3.05) is 31.6 Å². The van der Waals surface area contributed by atoms with Crippen LogP contribution >= 0.6 is 23.2 Å². The maximum Gasteiger partial charge on any atom is 0.0773 e. The molecule has 0 saturated carbocycles. The van der Waals surface area contributed by atoms with E-state index < -0.39 is 0 Å². The summed E-state index contributed by atoms with van der Waals surface area (Å²) < 4.78 is 0. The van der Waals surface area contributed by atoms with Crippen molar-refractivity contribution < 1.29 is 4.90 Å². The summed E-state index contributed by atoms with van der Waals surface area (Å²) in [5.74, 6) is 0.780. The highest BCUT2D eigenvalue weighted by Gasteiger charge is 2.22. The fourth-order valence-electron chi connectivity index (χ4n) is 4.58. The largest absolute Gasteiger partial charge is 0.372 e. The predicted molar refractivity (Wildman–Crippen MR) is 127 cm³/mol. The second-order valence-electron chi connectivity index (χ2n) is 8.78. The third kappa shape index (κ3) is 6.38. The smallest absolute Gasteiger partial charge is 0.0773 e. The van der Waals surface area contributed by atoms with Gasteiger partial charge in [-0.15, -0.1) is 0 Å². The van der Waals surface area contributed by atoms with E-state index in [1.165, 1.54) is 62.1 Å². The van der Waals surface area contributed by atoms with Gasteiger partial charge in [0.15, 0.2) is 0 Å². The number of quaternary nitrogens is 1. The number of anilines is 1. The van der Waals surface area contributed by atoms with Crippen LogP contribution in [0.5, 0.6) is 0 Å². The van der Waals surface area contributed by atoms with Crippen molar-refractivity contribution in [2.24, 2.45) is 5.92 Å². The first-order chi connectivity index (χ1) is 13.9. The van der Waals surface area contributed by atoms with Gasteiger partial charge in [-0.05, 0) is 81.2 Å². The van der Waals surface area contributed by atoms with E-state index in [1.54, 1.807) is 4.90 Å². The molecule has 1 atom stereocenters. The van der Waals surface area contributed by atoms with Crippen LogP contribution in [-0.4, -0.2) is 32.7 Å². The van der Waals surface area contributed by atoms with Gasteiger partial charge in [-0.25, -0.2) is 0 Å². The Bertz CT molecular complexity index is 784. The van der Waals surface area contributed by atoms with Gasteiger partial charge in [0.1, 0.15) is 0 Å². The van der Waals surface area contributed by atoms with Crippen molar-refractivity contribution in [3.8, 4) is 0 Å². The minimum absolute atomic E-state index is 0.572. The highest BCUT2D eigenvalue weighted by molar-refractivity contribution is 6.42. The van der Waals surface area contributed by atoms with Crippen molar-refractivity contribution in [3.63, 3.8) is 0 Å². The molecule has 1 saturated heterocycles. The highest BCUT2D eigenvalue weighted by atomic mass is 35.5. The fourth-order valence-corrected chi connectivity index (χ4v) is 4.90. The average molecular weight is 434 g/mol. The molecule has 1 N–H and O–H groups in total. The van der Waals surface area contributed by atoms with Crippen molar-refractivity contribution in [1.82, 2.24) is 0 Å². The predicted octanol–water partition coefficient (Wildman–Crippen LogP) is 5.44. The lowest BCUT2D eigenvalue weighted by molar-refractivity contribution is -0.906. The lowest BCUT2D eigenvalue weighted by Gasteiger charge is -2.31. The van der Waals surface area contributed by atoms with Gasteiger partial charge in [-0.2, -0.15) is 0 Å². The van der Waals surface area contributed by atoms with Crippen molar-refractivity contribution in [2.45, 2.75) is 52.0 Å². The Balaban J connectivity index is 1.37. The summed E-state index contributed by atoms with van der Waals surface area (Å²) in [6, 6.07) is 15.3. The summed E-state index contributed by atoms with van der Waals surface area (Å²) in [5, 5.41) is 1.33. The second kappa shape index (κ2) is 10.7. The molecule has 4 heteroatoms. The SMILES string of the molecule is Cc1ccccc1N(C)C(C)CCC[NH+]1CCC(Cc2ccc(Cl)c(Cl)c2)CC1. The molecular formula is C25H35Cl2N2+. The van der Waals surface area contributed by atoms with Gasteiger partial charge >= 0.3 is 0 Å². The van der Waals surface area contributed by atoms with Gasteiger partial charge in [-0.3, -0.25) is 0 Å². The molecule has 0 bridgehead atoms. The van der Waals surface area contributed by atoms with Crippen molar-refractivity contribution in [3.05, 3.63) is 63.6 Å². The van der Waals surface area contributed by atoms with Gasteiger partial charge < -0.3 is 9.80 Å². The first kappa shape index (κ1) is 22.5. The fraction of sp³-hybridized carbons (Fsp3) is 0.520. The minimum atomic E-state index is 0.572. The number of hydrogen-bond donors (Lipinski definition) is 1. The van der Waals surface area contributed by atoms with Crippen LogP contribution < -0.4 is 9.80 Å². The lowest BCUT2D eigenvalue weighted by Crippen LogP contribution is -3.13. The summed E-state index contributed by atoms with van der Waals surface area (Å²) in [6.45, 7) is 8.45. The third-order valence-corrected chi connectivity index (χ3v) is 7.37. The zero-order valence-corrected chi connectivity index (χ0v) is 19.6. The molecule has 1 aliphatic heterocycles. The molecule has 2 nitrogen and oxygen atoms in total. The summed E-state index contributed by atoms with van der Waals surface area (Å²) in [4.78, 5) is 4.22. The summed E-state index contributed by atoms with van der Waals surface area (Å²) in [7, 11) is 2.23. The van der Waals surface area contributed by atoms with E-state index in [9.17, 15) is 0 Å². The summed E-state index contributed by atoms with van der Waals surface area (Å²) >= 11 is 12.2. The highest BCUT2D eigenvalue weighted by Crippen LogP contribution is 2.25. The molecule has 29 heavy (non-hydrogen) atoms. The molecule has 0 aromatic heterocycles. The Morgan fingerprint density at radius 1 is 1.07 bits per heavy atom. The Hall–Kier alpha value is -1.22. The summed E-state index contributed by atoms with van der Waals surface area (Å²) in [5.41, 5.74) is 4.04. The summed E-state index contributed by atoms with van der Waals surface area (Å²) in [6.07, 6.45) is 6.30. The zero-order chi connectivity index (χ0) is 20.8. The molecule has 0 aliphatic carbocycles. The molecule has 0 amide bonds. The number of para-hydroxylation sites is 1. The number of nitrogens with one attached hydrogen (secondary N) is 1. The standard InChI is InChI=1S/C25H34Cl2N2/c1-19-7-4-5-9-25(19)28(3)20(2)8-6-14-29-15-12-21(13-16-29)17-22-10-11-23(26)24(27)18-22/h4-5,7,9-11,18,20-21H,6,8,12-17H2,1-3H3/p+1. The molecule has 158 valence electrons. The average Bonchev–Trinajstić information content (AvgIpc) is 2.72. The topological polar surface area (TPSA) is 7.68 Å². The number of piperidine rings is 1. The Kier molecular flexibility index (Phi) is 8.29. The van der Waals surface area contributed by atoms with E-state index in [-0.39, 0.29) is 0 Å². The van der Waals surface area contributed by atoms with Crippen LogP contribution in [-0.2, 0) is 6.42 Å². The molecule has 1 heterocycles. The third-order valence-electron chi connectivity index (χ3n) is 6.63. The minimum Gasteiger partial charge on any atom is -0.372 e. The first-order valence-electron chi connectivity index (χ1n) is 11.0. The van der Waals surface area contributed by atoms with Gasteiger partial charge in [0, 0.05) is 18.8 Å². The molecule has 3 rings (SSSR count). The van der Waals surface area contributed by atoms with Crippen molar-refractivity contribution >= 4 is 28.9 Å². The van der Waals surface area contributed by atoms with Crippen LogP contribution in [0.2, 0.25) is 10.0 Å². The molecule has 2 aromatic carbocycles. The number of halogens is 2. The molecule has 2 aromatic rings. The number of aryl methyl sites for hydroxylation is 1. The monoisotopic (exact) mass is 433 g/mol. The van der Waals surface area contributed by atoms with Gasteiger partial charge in [-0.1, -0.05) is 47.5 Å². The maximum absolute atomic E-state index is 6.17. The number of likely N-dealkylation sites (tertiary alicyclic amines) is 1. The van der Waals surface area contributed by atoms with Crippen molar-refractivity contribution in [1.29, 1.82) is 0 Å². The molecule has 1 fully saturated rings. The Labute approximate surface area is 186 Å². The van der Waals surface area contributed by atoms with Gasteiger partial charge in [0.25, 0.3) is 0 Å². The molecule has 1 aliphatic rings. The zero-order valence-electron chi connectivity index (χ0n) is 18.1. The molecule has 1 unspecified atom stereocenters. The lowest BCUT2D eigenvalue weighted by atomic mass is 9.90. The number of rotatable bonds is 8. The van der Waals surface area contributed by atoms with Crippen LogP contribution in [0.25, 0.3) is 0 Å². The van der Waals surface area contributed by atoms with E-state index in [4.69, 9.17) is 23.2 Å². The first-order valence-corrected chi connectivity index (χ1v) is 11.8. The van der Waals surface area contributed by atoms with Crippen LogP contribution in [0.15, 0.2) is 42.5 Å². The number of benzene rings is 2. The normalized spacial score (nSPS) is 20.4. The van der Waals surface area contributed by atoms with Gasteiger partial charge in [0.05, 0.1) is 29.7 Å². The number of nitrogens with zero attached hydrogens (tertiary/aromatic N) is 1. The molecule has 0 spiro atoms. The quantitative estimate of drug-likeness (QED) is 0.581.